The van der Waals surface area contributed by atoms with Crippen molar-refractivity contribution in [2.24, 2.45) is 11.7 Å². The predicted molar refractivity (Wildman–Crippen MR) is 42.8 cm³/mol. The number of hydrogen-bond donors (Lipinski definition) is 1. The van der Waals surface area contributed by atoms with E-state index in [0.29, 0.717) is 18.4 Å². The molecular weight excluding hydrogens is 148 g/mol. The number of hydrogen-bond acceptors (Lipinski definition) is 2. The molecule has 0 aliphatic heterocycles. The summed E-state index contributed by atoms with van der Waals surface area (Å²) in [5.41, 5.74) is 5.65. The summed E-state index contributed by atoms with van der Waals surface area (Å²) < 4.78 is 0. The molecule has 0 heterocycles. The van der Waals surface area contributed by atoms with E-state index in [1.807, 2.05) is 0 Å². The summed E-state index contributed by atoms with van der Waals surface area (Å²) >= 11 is 0. The lowest BCUT2D eigenvalue weighted by Gasteiger charge is -2.00. The molecule has 0 aromatic carbocycles. The minimum absolute atomic E-state index is 0. The van der Waals surface area contributed by atoms with Crippen molar-refractivity contribution >= 4 is 12.4 Å². The highest BCUT2D eigenvalue weighted by Gasteiger charge is 2.20. The Morgan fingerprint density at radius 1 is 1.50 bits per heavy atom. The van der Waals surface area contributed by atoms with E-state index >= 15 is 0 Å². The Balaban J connectivity index is 0.000000810. The number of halogens is 1. The van der Waals surface area contributed by atoms with Crippen LogP contribution in [0.3, 0.4) is 0 Å². The topological polar surface area (TPSA) is 49.8 Å². The third-order valence-corrected chi connectivity index (χ3v) is 1.96. The van der Waals surface area contributed by atoms with Gasteiger partial charge in [0.15, 0.2) is 0 Å². The van der Waals surface area contributed by atoms with Crippen LogP contribution >= 0.6 is 12.4 Å². The number of nitriles is 1. The van der Waals surface area contributed by atoms with Gasteiger partial charge in [-0.05, 0) is 25.2 Å². The molecule has 10 heavy (non-hydrogen) atoms. The third kappa shape index (κ3) is 2.55. The Kier molecular flexibility index (Phi) is 4.42. The first-order valence-corrected chi connectivity index (χ1v) is 3.45. The summed E-state index contributed by atoms with van der Waals surface area (Å²) in [7, 11) is 0. The zero-order valence-electron chi connectivity index (χ0n) is 5.92. The van der Waals surface area contributed by atoms with Crippen molar-refractivity contribution in [2.75, 3.05) is 0 Å². The lowest BCUT2D eigenvalue weighted by Crippen LogP contribution is -2.14. The van der Waals surface area contributed by atoms with Crippen LogP contribution in [0.1, 0.15) is 25.7 Å². The van der Waals surface area contributed by atoms with Crippen molar-refractivity contribution in [3.05, 3.63) is 0 Å². The second-order valence-electron chi connectivity index (χ2n) is 2.80. The van der Waals surface area contributed by atoms with E-state index in [1.54, 1.807) is 0 Å². The first kappa shape index (κ1) is 9.74. The maximum atomic E-state index is 8.32. The third-order valence-electron chi connectivity index (χ3n) is 1.96. The molecule has 0 unspecified atom stereocenters. The maximum absolute atomic E-state index is 8.32. The zero-order valence-corrected chi connectivity index (χ0v) is 6.73. The first-order chi connectivity index (χ1) is 4.33. The Morgan fingerprint density at radius 2 is 2.20 bits per heavy atom. The largest absolute Gasteiger partial charge is 0.328 e. The number of rotatable bonds is 1. The smallest absolute Gasteiger partial charge is 0.0624 e. The molecule has 0 spiro atoms. The summed E-state index contributed by atoms with van der Waals surface area (Å²) in [6.45, 7) is 0. The van der Waals surface area contributed by atoms with Crippen molar-refractivity contribution in [3.63, 3.8) is 0 Å². The van der Waals surface area contributed by atoms with E-state index in [2.05, 4.69) is 6.07 Å². The molecule has 0 saturated heterocycles. The van der Waals surface area contributed by atoms with E-state index < -0.39 is 0 Å². The van der Waals surface area contributed by atoms with Crippen LogP contribution in [0.15, 0.2) is 0 Å². The quantitative estimate of drug-likeness (QED) is 0.631. The van der Waals surface area contributed by atoms with Gasteiger partial charge < -0.3 is 5.73 Å². The van der Waals surface area contributed by atoms with Gasteiger partial charge in [0.25, 0.3) is 0 Å². The molecule has 2 nitrogen and oxygen atoms in total. The van der Waals surface area contributed by atoms with E-state index in [9.17, 15) is 0 Å². The number of nitrogens with zero attached hydrogens (tertiary/aromatic N) is 1. The van der Waals surface area contributed by atoms with Crippen LogP contribution < -0.4 is 5.73 Å². The molecule has 1 aliphatic rings. The first-order valence-electron chi connectivity index (χ1n) is 3.45. The van der Waals surface area contributed by atoms with Crippen LogP contribution in [0.2, 0.25) is 0 Å². The molecule has 0 bridgehead atoms. The minimum atomic E-state index is 0. The molecule has 1 fully saturated rings. The minimum Gasteiger partial charge on any atom is -0.328 e. The second-order valence-corrected chi connectivity index (χ2v) is 2.80. The lowest BCUT2D eigenvalue weighted by atomic mass is 10.1. The van der Waals surface area contributed by atoms with Gasteiger partial charge >= 0.3 is 0 Å². The van der Waals surface area contributed by atoms with Gasteiger partial charge in [0.1, 0.15) is 0 Å². The van der Waals surface area contributed by atoms with Crippen LogP contribution in [-0.4, -0.2) is 6.04 Å². The van der Waals surface area contributed by atoms with Crippen molar-refractivity contribution in [3.8, 4) is 6.07 Å². The van der Waals surface area contributed by atoms with Gasteiger partial charge in [0.05, 0.1) is 6.07 Å². The number of nitrogens with two attached hydrogens (primary N) is 1. The van der Waals surface area contributed by atoms with Crippen LogP contribution in [-0.2, 0) is 0 Å². The normalized spacial score (nSPS) is 30.8. The second kappa shape index (κ2) is 4.54. The van der Waals surface area contributed by atoms with E-state index in [4.69, 9.17) is 11.0 Å². The van der Waals surface area contributed by atoms with Gasteiger partial charge in [-0.1, -0.05) is 0 Å². The van der Waals surface area contributed by atoms with Crippen molar-refractivity contribution in [1.29, 1.82) is 5.26 Å². The van der Waals surface area contributed by atoms with Crippen molar-refractivity contribution < 1.29 is 0 Å². The molecule has 0 aromatic rings. The van der Waals surface area contributed by atoms with Crippen LogP contribution in [0.5, 0.6) is 0 Å². The van der Waals surface area contributed by atoms with Gasteiger partial charge in [-0.25, -0.2) is 0 Å². The fourth-order valence-electron chi connectivity index (χ4n) is 1.43. The molecule has 2 atom stereocenters. The summed E-state index contributed by atoms with van der Waals surface area (Å²) in [5, 5.41) is 8.32. The van der Waals surface area contributed by atoms with Gasteiger partial charge in [0.2, 0.25) is 0 Å². The van der Waals surface area contributed by atoms with Crippen LogP contribution in [0.4, 0.5) is 0 Å². The molecule has 1 aliphatic carbocycles. The van der Waals surface area contributed by atoms with E-state index in [1.165, 1.54) is 0 Å². The molecule has 1 saturated carbocycles. The molecule has 0 amide bonds. The standard InChI is InChI=1S/C7H12N2.ClH/c8-4-3-6-1-2-7(9)5-6;/h6-7H,1-3,5,9H2;1H/t6-,7-;/m1./s1. The van der Waals surface area contributed by atoms with Crippen LogP contribution in [0.25, 0.3) is 0 Å². The molecule has 0 radical (unpaired) electrons. The highest BCUT2D eigenvalue weighted by Crippen LogP contribution is 2.26. The van der Waals surface area contributed by atoms with Gasteiger partial charge in [-0.3, -0.25) is 0 Å². The Hall–Kier alpha value is -0.260. The molecule has 58 valence electrons. The summed E-state index contributed by atoms with van der Waals surface area (Å²) in [6, 6.07) is 2.55. The Labute approximate surface area is 67.8 Å². The van der Waals surface area contributed by atoms with Gasteiger partial charge in [0, 0.05) is 12.5 Å². The average Bonchev–Trinajstić information content (AvgIpc) is 2.17. The molecular formula is C7H13ClN2. The molecule has 0 aromatic heterocycles. The van der Waals surface area contributed by atoms with Gasteiger partial charge in [-0.2, -0.15) is 5.26 Å². The highest BCUT2D eigenvalue weighted by molar-refractivity contribution is 5.85. The zero-order chi connectivity index (χ0) is 6.69. The van der Waals surface area contributed by atoms with Crippen molar-refractivity contribution in [2.45, 2.75) is 31.7 Å². The molecule has 1 rings (SSSR count). The van der Waals surface area contributed by atoms with Crippen LogP contribution in [0, 0.1) is 17.2 Å². The maximum Gasteiger partial charge on any atom is 0.0624 e. The van der Waals surface area contributed by atoms with E-state index in [0.717, 1.165) is 19.3 Å². The average molecular weight is 161 g/mol. The summed E-state index contributed by atoms with van der Waals surface area (Å²) in [4.78, 5) is 0. The Morgan fingerprint density at radius 3 is 2.60 bits per heavy atom. The van der Waals surface area contributed by atoms with Crippen molar-refractivity contribution in [1.82, 2.24) is 0 Å². The SMILES string of the molecule is Cl.N#CC[C@H]1CC[C@@H](N)C1. The Bertz CT molecular complexity index is 130. The monoisotopic (exact) mass is 160 g/mol. The highest BCUT2D eigenvalue weighted by atomic mass is 35.5. The van der Waals surface area contributed by atoms with E-state index in [-0.39, 0.29) is 12.4 Å². The molecule has 3 heteroatoms. The van der Waals surface area contributed by atoms with Gasteiger partial charge in [-0.15, -0.1) is 12.4 Å². The molecule has 2 N–H and O–H groups in total. The fraction of sp³-hybridized carbons (Fsp3) is 0.857. The lowest BCUT2D eigenvalue weighted by molar-refractivity contribution is 0.551. The summed E-state index contributed by atoms with van der Waals surface area (Å²) in [5.74, 6) is 0.602. The predicted octanol–water partition coefficient (Wildman–Crippen LogP) is 1.45. The fourth-order valence-corrected chi connectivity index (χ4v) is 1.43. The summed E-state index contributed by atoms with van der Waals surface area (Å²) in [6.07, 6.45) is 4.04.